The molecule has 0 spiro atoms. The van der Waals surface area contributed by atoms with Crippen LogP contribution in [0.15, 0.2) is 66.9 Å². The number of pyridine rings is 1. The van der Waals surface area contributed by atoms with E-state index < -0.39 is 36.6 Å². The van der Waals surface area contributed by atoms with Gasteiger partial charge in [0.1, 0.15) is 6.61 Å². The summed E-state index contributed by atoms with van der Waals surface area (Å²) in [6, 6.07) is 18.2. The SMILES string of the molecule is O=C(OCC1c2ccccc2-c2ccccc21)N1C2COCC1CC(O)(c1ccc(OCC(F)(F)F)nc1)C2. The second-order valence-electron chi connectivity index (χ2n) is 10.3. The molecule has 2 aromatic carbocycles. The number of morpholine rings is 1. The first-order chi connectivity index (χ1) is 18.7. The van der Waals surface area contributed by atoms with Crippen LogP contribution < -0.4 is 4.74 Å². The number of nitrogens with zero attached hydrogens (tertiary/aromatic N) is 2. The molecule has 2 aliphatic heterocycles. The van der Waals surface area contributed by atoms with Crippen LogP contribution in [0.5, 0.6) is 5.88 Å². The zero-order chi connectivity index (χ0) is 27.2. The lowest BCUT2D eigenvalue weighted by Crippen LogP contribution is -2.62. The molecule has 3 aromatic rings. The van der Waals surface area contributed by atoms with E-state index >= 15 is 0 Å². The molecule has 1 amide bonds. The van der Waals surface area contributed by atoms with Gasteiger partial charge in [-0.25, -0.2) is 9.78 Å². The number of carbonyl (C=O) groups excluding carboxylic acids is 1. The Balaban J connectivity index is 1.14. The van der Waals surface area contributed by atoms with Gasteiger partial charge in [-0.2, -0.15) is 13.2 Å². The van der Waals surface area contributed by atoms with E-state index in [1.165, 1.54) is 18.3 Å². The number of rotatable bonds is 5. The Labute approximate surface area is 223 Å². The van der Waals surface area contributed by atoms with Crippen molar-refractivity contribution in [1.82, 2.24) is 9.88 Å². The molecular weight excluding hydrogens is 513 g/mol. The summed E-state index contributed by atoms with van der Waals surface area (Å²) in [5, 5.41) is 11.5. The number of halogens is 3. The number of benzene rings is 2. The molecule has 0 saturated carbocycles. The maximum atomic E-state index is 13.4. The van der Waals surface area contributed by atoms with Crippen LogP contribution >= 0.6 is 0 Å². The van der Waals surface area contributed by atoms with Crippen molar-refractivity contribution in [2.75, 3.05) is 26.4 Å². The van der Waals surface area contributed by atoms with Gasteiger partial charge in [0, 0.05) is 36.6 Å². The second kappa shape index (κ2) is 9.84. The number of amides is 1. The van der Waals surface area contributed by atoms with Crippen LogP contribution in [0, 0.1) is 0 Å². The quantitative estimate of drug-likeness (QED) is 0.490. The normalized spacial score (nSPS) is 24.2. The van der Waals surface area contributed by atoms with Crippen molar-refractivity contribution in [2.45, 2.75) is 42.6 Å². The molecule has 6 rings (SSSR count). The van der Waals surface area contributed by atoms with Gasteiger partial charge >= 0.3 is 12.3 Å². The predicted molar refractivity (Wildman–Crippen MR) is 134 cm³/mol. The lowest BCUT2D eigenvalue weighted by molar-refractivity contribution is -0.154. The monoisotopic (exact) mass is 540 g/mol. The summed E-state index contributed by atoms with van der Waals surface area (Å²) in [4.78, 5) is 19.0. The van der Waals surface area contributed by atoms with Crippen molar-refractivity contribution in [2.24, 2.45) is 0 Å². The molecule has 7 nitrogen and oxygen atoms in total. The van der Waals surface area contributed by atoms with Crippen LogP contribution in [0.4, 0.5) is 18.0 Å². The number of aliphatic hydroxyl groups is 1. The van der Waals surface area contributed by atoms with Crippen LogP contribution in [-0.2, 0) is 15.1 Å². The molecule has 2 bridgehead atoms. The number of piperidine rings is 1. The van der Waals surface area contributed by atoms with Crippen molar-refractivity contribution in [3.8, 4) is 17.0 Å². The summed E-state index contributed by atoms with van der Waals surface area (Å²) in [6.45, 7) is -0.774. The summed E-state index contributed by atoms with van der Waals surface area (Å²) < 4.78 is 53.6. The third-order valence-electron chi connectivity index (χ3n) is 7.76. The number of alkyl halides is 3. The minimum Gasteiger partial charge on any atom is -0.468 e. The topological polar surface area (TPSA) is 81.1 Å². The highest BCUT2D eigenvalue weighted by atomic mass is 19.4. The zero-order valence-corrected chi connectivity index (χ0v) is 20.9. The molecule has 3 heterocycles. The maximum Gasteiger partial charge on any atom is 0.422 e. The standard InChI is InChI=1S/C29H27F3N2O5/c30-29(31,32)17-39-26-10-9-18(13-33-26)28(36)11-19-14-37-15-20(12-28)34(19)27(35)38-16-25-23-7-3-1-5-21(23)22-6-2-4-8-24(22)25/h1-10,13,19-20,25,36H,11-12,14-17H2. The van der Waals surface area contributed by atoms with E-state index in [1.54, 1.807) is 4.90 Å². The molecule has 3 aliphatic rings. The van der Waals surface area contributed by atoms with Crippen LogP contribution in [0.25, 0.3) is 11.1 Å². The highest BCUT2D eigenvalue weighted by Gasteiger charge is 2.49. The van der Waals surface area contributed by atoms with E-state index in [4.69, 9.17) is 9.47 Å². The Morgan fingerprint density at radius 3 is 2.18 bits per heavy atom. The largest absolute Gasteiger partial charge is 0.468 e. The fraction of sp³-hybridized carbons (Fsp3) is 0.379. The Bertz CT molecular complexity index is 1300. The average molecular weight is 541 g/mol. The van der Waals surface area contributed by atoms with Crippen LogP contribution in [-0.4, -0.2) is 65.8 Å². The number of hydrogen-bond donors (Lipinski definition) is 1. The minimum absolute atomic E-state index is 0.0664. The van der Waals surface area contributed by atoms with Gasteiger partial charge in [-0.15, -0.1) is 0 Å². The van der Waals surface area contributed by atoms with E-state index in [2.05, 4.69) is 34.0 Å². The first-order valence-corrected chi connectivity index (χ1v) is 12.8. The smallest absolute Gasteiger partial charge is 0.422 e. The van der Waals surface area contributed by atoms with Gasteiger partial charge in [0.25, 0.3) is 0 Å². The van der Waals surface area contributed by atoms with Crippen LogP contribution in [0.3, 0.4) is 0 Å². The molecule has 1 aromatic heterocycles. The minimum atomic E-state index is -4.47. The Kier molecular flexibility index (Phi) is 6.47. The highest BCUT2D eigenvalue weighted by Crippen LogP contribution is 2.45. The van der Waals surface area contributed by atoms with Gasteiger partial charge in [-0.3, -0.25) is 4.90 Å². The maximum absolute atomic E-state index is 13.4. The summed E-state index contributed by atoms with van der Waals surface area (Å²) >= 11 is 0. The lowest BCUT2D eigenvalue weighted by atomic mass is 9.77. The molecule has 10 heteroatoms. The first kappa shape index (κ1) is 25.6. The van der Waals surface area contributed by atoms with E-state index in [0.29, 0.717) is 5.56 Å². The van der Waals surface area contributed by atoms with E-state index in [0.717, 1.165) is 22.3 Å². The number of hydrogen-bond acceptors (Lipinski definition) is 6. The van der Waals surface area contributed by atoms with Crippen molar-refractivity contribution in [3.63, 3.8) is 0 Å². The van der Waals surface area contributed by atoms with Gasteiger partial charge in [0.15, 0.2) is 6.61 Å². The van der Waals surface area contributed by atoms with Gasteiger partial charge < -0.3 is 19.3 Å². The predicted octanol–water partition coefficient (Wildman–Crippen LogP) is 5.02. The molecule has 2 atom stereocenters. The molecule has 1 N–H and O–H groups in total. The molecule has 0 radical (unpaired) electrons. The average Bonchev–Trinajstić information content (AvgIpc) is 3.23. The van der Waals surface area contributed by atoms with Gasteiger partial charge in [-0.1, -0.05) is 48.5 Å². The summed E-state index contributed by atoms with van der Waals surface area (Å²) in [5.74, 6) is -0.248. The lowest BCUT2D eigenvalue weighted by Gasteiger charge is -2.50. The van der Waals surface area contributed by atoms with Gasteiger partial charge in [-0.05, 0) is 28.3 Å². The number of fused-ring (bicyclic) bond motifs is 5. The van der Waals surface area contributed by atoms with Gasteiger partial charge in [0.05, 0.1) is 30.9 Å². The highest BCUT2D eigenvalue weighted by molar-refractivity contribution is 5.79. The fourth-order valence-electron chi connectivity index (χ4n) is 6.08. The Morgan fingerprint density at radius 1 is 1.00 bits per heavy atom. The molecule has 204 valence electrons. The molecule has 2 saturated heterocycles. The van der Waals surface area contributed by atoms with E-state index in [1.807, 2.05) is 24.3 Å². The fourth-order valence-corrected chi connectivity index (χ4v) is 6.08. The summed E-state index contributed by atoms with van der Waals surface area (Å²) in [7, 11) is 0. The molecule has 1 aliphatic carbocycles. The van der Waals surface area contributed by atoms with Crippen molar-refractivity contribution < 1.29 is 37.3 Å². The summed E-state index contributed by atoms with van der Waals surface area (Å²) in [5.41, 5.74) is 3.66. The number of carbonyl (C=O) groups is 1. The molecule has 2 fully saturated rings. The summed E-state index contributed by atoms with van der Waals surface area (Å²) in [6.07, 6.45) is -3.24. The van der Waals surface area contributed by atoms with Crippen molar-refractivity contribution in [3.05, 3.63) is 83.6 Å². The van der Waals surface area contributed by atoms with Gasteiger partial charge in [0.2, 0.25) is 5.88 Å². The van der Waals surface area contributed by atoms with Crippen molar-refractivity contribution in [1.29, 1.82) is 0 Å². The number of aromatic nitrogens is 1. The first-order valence-electron chi connectivity index (χ1n) is 12.8. The van der Waals surface area contributed by atoms with Crippen molar-refractivity contribution >= 4 is 6.09 Å². The number of ether oxygens (including phenoxy) is 3. The zero-order valence-electron chi connectivity index (χ0n) is 20.9. The Hall–Kier alpha value is -3.63. The molecular formula is C29H27F3N2O5. The van der Waals surface area contributed by atoms with E-state index in [9.17, 15) is 23.1 Å². The van der Waals surface area contributed by atoms with Crippen LogP contribution in [0.1, 0.15) is 35.4 Å². The third-order valence-corrected chi connectivity index (χ3v) is 7.76. The van der Waals surface area contributed by atoms with E-state index in [-0.39, 0.29) is 44.5 Å². The second-order valence-corrected chi connectivity index (χ2v) is 10.3. The molecule has 39 heavy (non-hydrogen) atoms. The Morgan fingerprint density at radius 2 is 1.62 bits per heavy atom. The third kappa shape index (κ3) is 4.94. The molecule has 2 unspecified atom stereocenters. The van der Waals surface area contributed by atoms with Crippen LogP contribution in [0.2, 0.25) is 0 Å².